The molecule has 0 unspecified atom stereocenters. The minimum absolute atomic E-state index is 0.0675. The van der Waals surface area contributed by atoms with Gasteiger partial charge in [-0.1, -0.05) is 42.8 Å². The van der Waals surface area contributed by atoms with Crippen LogP contribution in [-0.2, 0) is 4.79 Å². The molecule has 0 bridgehead atoms. The van der Waals surface area contributed by atoms with E-state index in [0.717, 1.165) is 11.3 Å². The standard InChI is InChI=1S/C21H27NOS/c1-6-20(18-10-9-15(3)16(4)13-18)22-21(23)17(5)24-19-11-7-14(2)8-12-19/h7-13,17,20H,6H2,1-5H3,(H,22,23)/t17-,20+/m1/s1. The van der Waals surface area contributed by atoms with Crippen molar-refractivity contribution in [2.24, 2.45) is 0 Å². The number of rotatable bonds is 6. The van der Waals surface area contributed by atoms with Gasteiger partial charge < -0.3 is 5.32 Å². The summed E-state index contributed by atoms with van der Waals surface area (Å²) in [6.45, 7) is 10.4. The largest absolute Gasteiger partial charge is 0.348 e. The van der Waals surface area contributed by atoms with Gasteiger partial charge in [-0.05, 0) is 62.9 Å². The maximum Gasteiger partial charge on any atom is 0.233 e. The van der Waals surface area contributed by atoms with Crippen molar-refractivity contribution >= 4 is 17.7 Å². The van der Waals surface area contributed by atoms with E-state index >= 15 is 0 Å². The Hall–Kier alpha value is -1.74. The van der Waals surface area contributed by atoms with Gasteiger partial charge in [-0.25, -0.2) is 0 Å². The Bertz CT molecular complexity index is 693. The molecule has 0 aliphatic heterocycles. The number of aryl methyl sites for hydroxylation is 3. The molecule has 0 radical (unpaired) electrons. The summed E-state index contributed by atoms with van der Waals surface area (Å²) in [4.78, 5) is 13.7. The fourth-order valence-corrected chi connectivity index (χ4v) is 3.44. The molecule has 0 aliphatic carbocycles. The molecule has 1 amide bonds. The molecule has 0 fully saturated rings. The zero-order valence-corrected chi connectivity index (χ0v) is 16.0. The minimum Gasteiger partial charge on any atom is -0.348 e. The number of amides is 1. The second kappa shape index (κ2) is 8.39. The van der Waals surface area contributed by atoms with E-state index in [-0.39, 0.29) is 17.2 Å². The molecule has 0 heterocycles. The summed E-state index contributed by atoms with van der Waals surface area (Å²) in [6.07, 6.45) is 0.885. The van der Waals surface area contributed by atoms with Gasteiger partial charge in [0.25, 0.3) is 0 Å². The zero-order chi connectivity index (χ0) is 17.7. The summed E-state index contributed by atoms with van der Waals surface area (Å²) in [5, 5.41) is 3.08. The Morgan fingerprint density at radius 3 is 2.29 bits per heavy atom. The van der Waals surface area contributed by atoms with E-state index in [1.807, 2.05) is 6.92 Å². The molecule has 0 saturated heterocycles. The van der Waals surface area contributed by atoms with Crippen LogP contribution in [0.5, 0.6) is 0 Å². The molecule has 0 saturated carbocycles. The first-order valence-electron chi connectivity index (χ1n) is 8.51. The second-order valence-electron chi connectivity index (χ2n) is 6.39. The second-order valence-corrected chi connectivity index (χ2v) is 7.80. The summed E-state index contributed by atoms with van der Waals surface area (Å²) < 4.78 is 0. The molecule has 24 heavy (non-hydrogen) atoms. The highest BCUT2D eigenvalue weighted by atomic mass is 32.2. The molecular weight excluding hydrogens is 314 g/mol. The first-order chi connectivity index (χ1) is 11.4. The van der Waals surface area contributed by atoms with Crippen molar-refractivity contribution in [1.82, 2.24) is 5.32 Å². The fraction of sp³-hybridized carbons (Fsp3) is 0.381. The fourth-order valence-electron chi connectivity index (χ4n) is 2.57. The third-order valence-corrected chi connectivity index (χ3v) is 5.47. The van der Waals surface area contributed by atoms with Crippen LogP contribution in [-0.4, -0.2) is 11.2 Å². The van der Waals surface area contributed by atoms with Crippen LogP contribution in [0.1, 0.15) is 48.6 Å². The van der Waals surface area contributed by atoms with E-state index in [4.69, 9.17) is 0 Å². The number of nitrogens with one attached hydrogen (secondary N) is 1. The minimum atomic E-state index is -0.117. The van der Waals surface area contributed by atoms with Gasteiger partial charge in [-0.3, -0.25) is 4.79 Å². The topological polar surface area (TPSA) is 29.1 Å². The van der Waals surface area contributed by atoms with Gasteiger partial charge in [0.2, 0.25) is 5.91 Å². The number of carbonyl (C=O) groups is 1. The summed E-state index contributed by atoms with van der Waals surface area (Å²) in [7, 11) is 0. The molecule has 1 N–H and O–H groups in total. The van der Waals surface area contributed by atoms with E-state index in [0.29, 0.717) is 0 Å². The Labute approximate surface area is 150 Å². The van der Waals surface area contributed by atoms with Gasteiger partial charge in [-0.2, -0.15) is 0 Å². The van der Waals surface area contributed by atoms with Crippen LogP contribution in [0.3, 0.4) is 0 Å². The van der Waals surface area contributed by atoms with Crippen LogP contribution in [0.2, 0.25) is 0 Å². The Morgan fingerprint density at radius 2 is 1.71 bits per heavy atom. The molecule has 2 nitrogen and oxygen atoms in total. The van der Waals surface area contributed by atoms with Crippen LogP contribution >= 0.6 is 11.8 Å². The lowest BCUT2D eigenvalue weighted by molar-refractivity contribution is -0.121. The molecule has 3 heteroatoms. The Morgan fingerprint density at radius 1 is 1.04 bits per heavy atom. The van der Waals surface area contributed by atoms with E-state index in [2.05, 4.69) is 75.5 Å². The van der Waals surface area contributed by atoms with Crippen molar-refractivity contribution in [1.29, 1.82) is 0 Å². The third-order valence-electron chi connectivity index (χ3n) is 4.36. The molecule has 2 atom stereocenters. The van der Waals surface area contributed by atoms with E-state index in [9.17, 15) is 4.79 Å². The molecule has 0 spiro atoms. The number of carbonyl (C=O) groups excluding carboxylic acids is 1. The highest BCUT2D eigenvalue weighted by Crippen LogP contribution is 2.25. The molecule has 128 valence electrons. The van der Waals surface area contributed by atoms with Crippen molar-refractivity contribution in [2.75, 3.05) is 0 Å². The van der Waals surface area contributed by atoms with Gasteiger partial charge in [0.15, 0.2) is 0 Å². The first-order valence-corrected chi connectivity index (χ1v) is 9.39. The van der Waals surface area contributed by atoms with Gasteiger partial charge in [0, 0.05) is 4.90 Å². The van der Waals surface area contributed by atoms with Crippen molar-refractivity contribution in [2.45, 2.75) is 57.2 Å². The summed E-state index contributed by atoms with van der Waals surface area (Å²) >= 11 is 1.60. The molecular formula is C21H27NOS. The lowest BCUT2D eigenvalue weighted by atomic mass is 9.99. The van der Waals surface area contributed by atoms with E-state index < -0.39 is 0 Å². The third kappa shape index (κ3) is 4.88. The van der Waals surface area contributed by atoms with E-state index in [1.165, 1.54) is 22.3 Å². The maximum atomic E-state index is 12.6. The number of hydrogen-bond donors (Lipinski definition) is 1. The van der Waals surface area contributed by atoms with Crippen LogP contribution in [0.4, 0.5) is 0 Å². The SMILES string of the molecule is CC[C@H](NC(=O)[C@@H](C)Sc1ccc(C)cc1)c1ccc(C)c(C)c1. The summed E-state index contributed by atoms with van der Waals surface area (Å²) in [6, 6.07) is 14.8. The van der Waals surface area contributed by atoms with Crippen LogP contribution in [0.15, 0.2) is 47.4 Å². The average Bonchev–Trinajstić information content (AvgIpc) is 2.57. The molecule has 2 aromatic rings. The van der Waals surface area contributed by atoms with E-state index in [1.54, 1.807) is 11.8 Å². The smallest absolute Gasteiger partial charge is 0.233 e. The Kier molecular flexibility index (Phi) is 6.50. The van der Waals surface area contributed by atoms with Crippen molar-refractivity contribution < 1.29 is 4.79 Å². The van der Waals surface area contributed by atoms with Crippen LogP contribution < -0.4 is 5.32 Å². The molecule has 0 aromatic heterocycles. The monoisotopic (exact) mass is 341 g/mol. The molecule has 2 rings (SSSR count). The highest BCUT2D eigenvalue weighted by molar-refractivity contribution is 8.00. The normalized spacial score (nSPS) is 13.4. The quantitative estimate of drug-likeness (QED) is 0.717. The number of benzene rings is 2. The lowest BCUT2D eigenvalue weighted by Gasteiger charge is -2.21. The zero-order valence-electron chi connectivity index (χ0n) is 15.2. The maximum absolute atomic E-state index is 12.6. The highest BCUT2D eigenvalue weighted by Gasteiger charge is 2.19. The van der Waals surface area contributed by atoms with Crippen molar-refractivity contribution in [3.8, 4) is 0 Å². The molecule has 2 aromatic carbocycles. The predicted octanol–water partition coefficient (Wildman–Crippen LogP) is 5.36. The van der Waals surface area contributed by atoms with Gasteiger partial charge in [0.05, 0.1) is 11.3 Å². The molecule has 0 aliphatic rings. The average molecular weight is 342 g/mol. The predicted molar refractivity (Wildman–Crippen MR) is 104 cm³/mol. The van der Waals surface area contributed by atoms with Crippen molar-refractivity contribution in [3.63, 3.8) is 0 Å². The lowest BCUT2D eigenvalue weighted by Crippen LogP contribution is -2.34. The van der Waals surface area contributed by atoms with Gasteiger partial charge in [0.1, 0.15) is 0 Å². The number of hydrogen-bond acceptors (Lipinski definition) is 2. The van der Waals surface area contributed by atoms with Gasteiger partial charge >= 0.3 is 0 Å². The van der Waals surface area contributed by atoms with Gasteiger partial charge in [-0.15, -0.1) is 11.8 Å². The Balaban J connectivity index is 2.02. The number of thioether (sulfide) groups is 1. The van der Waals surface area contributed by atoms with Crippen LogP contribution in [0, 0.1) is 20.8 Å². The van der Waals surface area contributed by atoms with Crippen LogP contribution in [0.25, 0.3) is 0 Å². The summed E-state index contributed by atoms with van der Waals surface area (Å²) in [5.41, 5.74) is 4.96. The summed E-state index contributed by atoms with van der Waals surface area (Å²) in [5.74, 6) is 0.0886. The van der Waals surface area contributed by atoms with Crippen molar-refractivity contribution in [3.05, 3.63) is 64.7 Å². The first kappa shape index (κ1) is 18.6.